The number of hydrogen-bond acceptors (Lipinski definition) is 6. The van der Waals surface area contributed by atoms with Crippen molar-refractivity contribution in [3.05, 3.63) is 22.2 Å². The first kappa shape index (κ1) is 20.3. The third-order valence-corrected chi connectivity index (χ3v) is 10.0. The molecule has 31 heavy (non-hydrogen) atoms. The molecular formula is C24H31BrN2O4. The predicted octanol–water partition coefficient (Wildman–Crippen LogP) is 2.94. The number of aliphatic hydroxyl groups excluding tert-OH is 1. The highest BCUT2D eigenvalue weighted by Gasteiger charge is 2.79. The lowest BCUT2D eigenvalue weighted by atomic mass is 9.49. The van der Waals surface area contributed by atoms with Gasteiger partial charge in [0, 0.05) is 49.1 Å². The molecule has 3 heterocycles. The Hall–Kier alpha value is -1.31. The van der Waals surface area contributed by atoms with Crippen LogP contribution in [0.4, 0.5) is 5.69 Å². The number of fused-ring (bicyclic) bond motifs is 3. The summed E-state index contributed by atoms with van der Waals surface area (Å²) in [5, 5.41) is 11.9. The van der Waals surface area contributed by atoms with E-state index in [0.29, 0.717) is 11.8 Å². The highest BCUT2D eigenvalue weighted by atomic mass is 79.9. The normalized spacial score (nSPS) is 44.3. The molecule has 1 aromatic carbocycles. The van der Waals surface area contributed by atoms with E-state index in [0.717, 1.165) is 41.8 Å². The smallest absolute Gasteiger partial charge is 0.303 e. The molecule has 8 atom stereocenters. The summed E-state index contributed by atoms with van der Waals surface area (Å²) in [7, 11) is 3.76. The maximum absolute atomic E-state index is 12.2. The molecule has 2 aliphatic carbocycles. The number of nitrogens with zero attached hydrogens (tertiary/aromatic N) is 2. The van der Waals surface area contributed by atoms with E-state index in [1.54, 1.807) is 7.11 Å². The zero-order chi connectivity index (χ0) is 21.9. The van der Waals surface area contributed by atoms with Crippen LogP contribution < -0.4 is 9.64 Å². The minimum atomic E-state index is -0.735. The Labute approximate surface area is 192 Å². The molecule has 7 heteroatoms. The highest BCUT2D eigenvalue weighted by Crippen LogP contribution is 2.72. The third-order valence-electron chi connectivity index (χ3n) is 9.42. The molecule has 1 aromatic rings. The fourth-order valence-corrected chi connectivity index (χ4v) is 9.06. The van der Waals surface area contributed by atoms with Gasteiger partial charge in [0.2, 0.25) is 0 Å². The molecule has 0 radical (unpaired) electrons. The Balaban J connectivity index is 1.61. The fourth-order valence-electron chi connectivity index (χ4n) is 8.56. The number of carbonyl (C=O) groups is 1. The van der Waals surface area contributed by atoms with Gasteiger partial charge < -0.3 is 19.5 Å². The molecule has 1 spiro atoms. The zero-order valence-electron chi connectivity index (χ0n) is 18.6. The van der Waals surface area contributed by atoms with Gasteiger partial charge in [0.25, 0.3) is 0 Å². The van der Waals surface area contributed by atoms with Gasteiger partial charge in [-0.2, -0.15) is 0 Å². The number of aliphatic hydroxyl groups is 1. The number of rotatable bonds is 3. The summed E-state index contributed by atoms with van der Waals surface area (Å²) in [6, 6.07) is 4.46. The second kappa shape index (κ2) is 6.39. The summed E-state index contributed by atoms with van der Waals surface area (Å²) in [4.78, 5) is 17.1. The van der Waals surface area contributed by atoms with Crippen molar-refractivity contribution in [1.82, 2.24) is 4.90 Å². The van der Waals surface area contributed by atoms with Crippen LogP contribution >= 0.6 is 15.9 Å². The molecule has 1 N–H and O–H groups in total. The van der Waals surface area contributed by atoms with Gasteiger partial charge in [0.1, 0.15) is 18.0 Å². The fraction of sp³-hybridized carbons (Fsp3) is 0.708. The van der Waals surface area contributed by atoms with Crippen LogP contribution in [0.3, 0.4) is 0 Å². The van der Waals surface area contributed by atoms with Gasteiger partial charge in [-0.15, -0.1) is 0 Å². The Kier molecular flexibility index (Phi) is 4.18. The van der Waals surface area contributed by atoms with E-state index in [9.17, 15) is 9.90 Å². The van der Waals surface area contributed by atoms with Crippen LogP contribution in [-0.4, -0.2) is 67.5 Å². The summed E-state index contributed by atoms with van der Waals surface area (Å²) >= 11 is 3.72. The van der Waals surface area contributed by atoms with E-state index in [4.69, 9.17) is 9.47 Å². The number of ether oxygens (including phenoxy) is 2. The highest BCUT2D eigenvalue weighted by molar-refractivity contribution is 9.10. The van der Waals surface area contributed by atoms with Crippen molar-refractivity contribution in [2.24, 2.45) is 17.3 Å². The molecule has 0 bridgehead atoms. The summed E-state index contributed by atoms with van der Waals surface area (Å²) in [6.07, 6.45) is 1.90. The maximum Gasteiger partial charge on any atom is 0.303 e. The number of likely N-dealkylation sites (N-methyl/N-ethyl adjacent to an activating group) is 1. The largest absolute Gasteiger partial charge is 0.495 e. The monoisotopic (exact) mass is 490 g/mol. The van der Waals surface area contributed by atoms with Gasteiger partial charge in [0.15, 0.2) is 0 Å². The van der Waals surface area contributed by atoms with Gasteiger partial charge >= 0.3 is 5.97 Å². The van der Waals surface area contributed by atoms with Gasteiger partial charge in [-0.25, -0.2) is 0 Å². The Morgan fingerprint density at radius 2 is 2.16 bits per heavy atom. The Morgan fingerprint density at radius 3 is 2.84 bits per heavy atom. The van der Waals surface area contributed by atoms with E-state index >= 15 is 0 Å². The minimum absolute atomic E-state index is 0.129. The van der Waals surface area contributed by atoms with Crippen LogP contribution in [0.5, 0.6) is 5.75 Å². The number of hydrogen-bond donors (Lipinski definition) is 1. The Morgan fingerprint density at radius 1 is 1.39 bits per heavy atom. The van der Waals surface area contributed by atoms with Crippen LogP contribution in [0, 0.1) is 17.3 Å². The standard InChI is InChI=1S/C24H31BrN2O4/c1-5-23-14-8-13(14)11-27-7-6-24(22(23)27)15-9-16(25)18(30-4)10-17(15)26(3)20(24)19(29)21(23)31-12(2)28/h9-10,13-14,19-22,29H,5-8,11H2,1-4H3/t13?,14?,19?,20?,21?,22-,23-,24?/m0/s1. The van der Waals surface area contributed by atoms with Crippen molar-refractivity contribution < 1.29 is 19.4 Å². The zero-order valence-corrected chi connectivity index (χ0v) is 20.2. The molecule has 6 rings (SSSR count). The maximum atomic E-state index is 12.2. The number of halogens is 1. The second-order valence-electron chi connectivity index (χ2n) is 10.3. The molecule has 0 aromatic heterocycles. The Bertz CT molecular complexity index is 971. The lowest BCUT2D eigenvalue weighted by Crippen LogP contribution is -2.75. The molecular weight excluding hydrogens is 460 g/mol. The molecule has 6 nitrogen and oxygen atoms in total. The molecule has 168 valence electrons. The lowest BCUT2D eigenvalue weighted by Gasteiger charge is -2.62. The summed E-state index contributed by atoms with van der Waals surface area (Å²) < 4.78 is 12.6. The average molecular weight is 491 g/mol. The van der Waals surface area contributed by atoms with E-state index < -0.39 is 12.2 Å². The topological polar surface area (TPSA) is 62.2 Å². The molecule has 2 saturated heterocycles. The van der Waals surface area contributed by atoms with Crippen molar-refractivity contribution >= 4 is 27.6 Å². The van der Waals surface area contributed by atoms with Crippen LogP contribution in [0.15, 0.2) is 16.6 Å². The number of carbonyl (C=O) groups excluding carboxylic acids is 1. The van der Waals surface area contributed by atoms with Crippen LogP contribution in [0.1, 0.15) is 38.7 Å². The predicted molar refractivity (Wildman–Crippen MR) is 120 cm³/mol. The third kappa shape index (κ3) is 2.23. The summed E-state index contributed by atoms with van der Waals surface area (Å²) in [6.45, 7) is 5.87. The van der Waals surface area contributed by atoms with Crippen molar-refractivity contribution in [2.45, 2.75) is 62.8 Å². The summed E-state index contributed by atoms with van der Waals surface area (Å²) in [5.41, 5.74) is 2.03. The number of piperidine rings is 1. The van der Waals surface area contributed by atoms with Gasteiger partial charge in [-0.05, 0) is 65.2 Å². The number of esters is 1. The molecule has 3 aliphatic heterocycles. The van der Waals surface area contributed by atoms with Crippen LogP contribution in [-0.2, 0) is 14.9 Å². The van der Waals surface area contributed by atoms with Crippen molar-refractivity contribution in [1.29, 1.82) is 0 Å². The van der Waals surface area contributed by atoms with E-state index in [1.165, 1.54) is 18.9 Å². The van der Waals surface area contributed by atoms with Gasteiger partial charge in [-0.3, -0.25) is 9.69 Å². The second-order valence-corrected chi connectivity index (χ2v) is 11.2. The first-order chi connectivity index (χ1) is 14.8. The van der Waals surface area contributed by atoms with Crippen LogP contribution in [0.2, 0.25) is 0 Å². The lowest BCUT2D eigenvalue weighted by molar-refractivity contribution is -0.205. The summed E-state index contributed by atoms with van der Waals surface area (Å²) in [5.74, 6) is 1.69. The molecule has 4 fully saturated rings. The number of methoxy groups -OCH3 is 1. The molecule has 2 saturated carbocycles. The first-order valence-electron chi connectivity index (χ1n) is 11.5. The van der Waals surface area contributed by atoms with Crippen LogP contribution in [0.25, 0.3) is 0 Å². The SMILES string of the molecule is CC[C@]12C3CC3CN3CCC4(c5cc(Br)c(OC)cc5N(C)C4C(O)C1OC(C)=O)[C@@H]32. The molecule has 5 aliphatic rings. The van der Waals surface area contributed by atoms with Crippen molar-refractivity contribution in [3.8, 4) is 5.75 Å². The molecule has 6 unspecified atom stereocenters. The van der Waals surface area contributed by atoms with Gasteiger partial charge in [0.05, 0.1) is 17.6 Å². The number of benzene rings is 1. The minimum Gasteiger partial charge on any atom is -0.495 e. The van der Waals surface area contributed by atoms with E-state index in [1.807, 2.05) is 0 Å². The van der Waals surface area contributed by atoms with Crippen molar-refractivity contribution in [3.63, 3.8) is 0 Å². The number of anilines is 1. The average Bonchev–Trinajstić information content (AvgIpc) is 3.37. The van der Waals surface area contributed by atoms with E-state index in [-0.39, 0.29) is 28.9 Å². The first-order valence-corrected chi connectivity index (χ1v) is 12.3. The molecule has 0 amide bonds. The van der Waals surface area contributed by atoms with Crippen molar-refractivity contribution in [2.75, 3.05) is 32.1 Å². The van der Waals surface area contributed by atoms with E-state index in [2.05, 4.69) is 51.8 Å². The quantitative estimate of drug-likeness (QED) is 0.657. The van der Waals surface area contributed by atoms with Gasteiger partial charge in [-0.1, -0.05) is 6.92 Å².